The zero-order chi connectivity index (χ0) is 48.3. The van der Waals surface area contributed by atoms with E-state index in [2.05, 4.69) is 31.0 Å². The van der Waals surface area contributed by atoms with Crippen molar-refractivity contribution in [2.75, 3.05) is 86.8 Å². The number of aryl methyl sites for hydroxylation is 1. The summed E-state index contributed by atoms with van der Waals surface area (Å²) in [7, 11) is 4.44. The number of rotatable bonds is 27. The van der Waals surface area contributed by atoms with Crippen LogP contribution in [0.5, 0.6) is 5.75 Å². The van der Waals surface area contributed by atoms with Crippen LogP contribution in [0.2, 0.25) is 10.0 Å². The maximum atomic E-state index is 13.3. The summed E-state index contributed by atoms with van der Waals surface area (Å²) < 4.78 is 41.4. The Balaban J connectivity index is 1.00. The number of aliphatic hydroxyl groups excluding tert-OH is 1. The number of methoxy groups -OCH3 is 2. The number of carbonyl (C=O) groups is 3. The van der Waals surface area contributed by atoms with Crippen LogP contribution in [0, 0.1) is 5.92 Å². The number of halogens is 2. The topological polar surface area (TPSA) is 275 Å². The maximum Gasteiger partial charge on any atom is 0.330 e. The fourth-order valence-corrected chi connectivity index (χ4v) is 7.60. The van der Waals surface area contributed by atoms with Crippen molar-refractivity contribution in [1.29, 1.82) is 0 Å². The summed E-state index contributed by atoms with van der Waals surface area (Å²) in [5.41, 5.74) is -0.198. The second-order valence-corrected chi connectivity index (χ2v) is 15.7. The van der Waals surface area contributed by atoms with Crippen LogP contribution in [-0.2, 0) is 51.5 Å². The first kappa shape index (κ1) is 52.4. The van der Waals surface area contributed by atoms with E-state index >= 15 is 0 Å². The molecule has 22 nitrogen and oxygen atoms in total. The summed E-state index contributed by atoms with van der Waals surface area (Å²) in [6, 6.07) is 7.04. The van der Waals surface area contributed by atoms with E-state index in [1.807, 2.05) is 0 Å². The molecule has 1 aromatic carbocycles. The van der Waals surface area contributed by atoms with Crippen molar-refractivity contribution in [2.45, 2.75) is 37.3 Å². The van der Waals surface area contributed by atoms with Crippen LogP contribution in [0.3, 0.4) is 0 Å². The predicted molar refractivity (Wildman–Crippen MR) is 241 cm³/mol. The van der Waals surface area contributed by atoms with Gasteiger partial charge in [0.1, 0.15) is 18.8 Å². The first-order chi connectivity index (χ1) is 32.4. The van der Waals surface area contributed by atoms with E-state index in [9.17, 15) is 33.9 Å². The molecule has 0 unspecified atom stereocenters. The summed E-state index contributed by atoms with van der Waals surface area (Å²) in [6.07, 6.45) is 2.85. The first-order valence-electron chi connectivity index (χ1n) is 21.1. The van der Waals surface area contributed by atoms with Crippen LogP contribution in [0.4, 0.5) is 0 Å². The Bertz CT molecular complexity index is 2420. The standard InChI is InChI=1S/C43H54Cl2N8O14/c1-52-41(59)36(27-6-4-26(5-7-27)20-31(39(57)48-9-12-61-2)50-40(58)37-29(44)22-46-23-30(37)45)32(24-49-52)66-19-18-65-17-16-64-15-14-63-13-10-47-35(56)21-28-33(25-54)67-42(38(28)62-3)53-11-8-34(55)51-43(53)60/h4-8,11,22-24,28,31,33,38,42,54H,9-10,12-21,25H2,1-3H3,(H,47,56)(H,48,57)(H,50,58)(H,51,55,60)/t28-,31+,33-,38-,42-/m1/s1. The number of ether oxygens (including phenoxy) is 7. The van der Waals surface area contributed by atoms with Crippen LogP contribution in [0.1, 0.15) is 28.6 Å². The minimum Gasteiger partial charge on any atom is -0.489 e. The largest absolute Gasteiger partial charge is 0.489 e. The third-order valence-electron chi connectivity index (χ3n) is 10.4. The Morgan fingerprint density at radius 3 is 2.18 bits per heavy atom. The number of hydrogen-bond acceptors (Lipinski definition) is 16. The summed E-state index contributed by atoms with van der Waals surface area (Å²) in [6.45, 7) is 1.89. The molecular formula is C43H54Cl2N8O14. The normalized spacial score (nSPS) is 17.2. The van der Waals surface area contributed by atoms with E-state index in [1.165, 1.54) is 56.8 Å². The Morgan fingerprint density at radius 2 is 1.54 bits per heavy atom. The van der Waals surface area contributed by atoms with Crippen LogP contribution >= 0.6 is 23.2 Å². The molecular weight excluding hydrogens is 923 g/mol. The number of nitrogens with one attached hydrogen (secondary N) is 4. The van der Waals surface area contributed by atoms with Crippen molar-refractivity contribution in [3.05, 3.63) is 107 Å². The lowest BCUT2D eigenvalue weighted by Crippen LogP contribution is -2.48. The monoisotopic (exact) mass is 976 g/mol. The molecule has 1 fully saturated rings. The highest BCUT2D eigenvalue weighted by Crippen LogP contribution is 2.37. The lowest BCUT2D eigenvalue weighted by molar-refractivity contribution is -0.124. The average molecular weight is 978 g/mol. The van der Waals surface area contributed by atoms with Crippen LogP contribution in [0.25, 0.3) is 11.1 Å². The van der Waals surface area contributed by atoms with Crippen molar-refractivity contribution >= 4 is 40.9 Å². The Kier molecular flexibility index (Phi) is 20.9. The molecule has 4 aromatic rings. The molecule has 1 aliphatic heterocycles. The van der Waals surface area contributed by atoms with Gasteiger partial charge in [-0.15, -0.1) is 0 Å². The van der Waals surface area contributed by atoms with Crippen LogP contribution in [-0.4, -0.2) is 152 Å². The van der Waals surface area contributed by atoms with Crippen LogP contribution in [0.15, 0.2) is 69.5 Å². The van der Waals surface area contributed by atoms with Crippen molar-refractivity contribution in [3.8, 4) is 16.9 Å². The van der Waals surface area contributed by atoms with Gasteiger partial charge in [-0.05, 0) is 11.1 Å². The second kappa shape index (κ2) is 26.7. The fraction of sp³-hybridized carbons (Fsp3) is 0.488. The molecule has 0 spiro atoms. The van der Waals surface area contributed by atoms with E-state index in [0.29, 0.717) is 11.1 Å². The lowest BCUT2D eigenvalue weighted by atomic mass is 9.94. The van der Waals surface area contributed by atoms with Crippen LogP contribution < -0.4 is 37.5 Å². The molecule has 5 atom stereocenters. The number of aliphatic hydroxyl groups is 1. The smallest absolute Gasteiger partial charge is 0.330 e. The molecule has 24 heteroatoms. The highest BCUT2D eigenvalue weighted by Gasteiger charge is 2.46. The predicted octanol–water partition coefficient (Wildman–Crippen LogP) is 0.259. The number of carbonyl (C=O) groups excluding carboxylic acids is 3. The SMILES string of the molecule is COCCNC(=O)[C@H](Cc1ccc(-c2c(OCCOCCOCCOCCNC(=O)C[C@H]3[C@@H](OC)[C@H](n4ccc(=O)[nH]c4=O)O[C@@H]3CO)cnn(C)c2=O)cc1)NC(=O)c1c(Cl)cncc1Cl. The summed E-state index contributed by atoms with van der Waals surface area (Å²) in [5.74, 6) is -1.76. The summed E-state index contributed by atoms with van der Waals surface area (Å²) in [5, 5.41) is 22.3. The molecule has 0 saturated carbocycles. The quantitative estimate of drug-likeness (QED) is 0.0502. The first-order valence-corrected chi connectivity index (χ1v) is 21.9. The number of benzene rings is 1. The Hall–Kier alpha value is -5.56. The molecule has 3 aromatic heterocycles. The van der Waals surface area contributed by atoms with E-state index in [1.54, 1.807) is 24.3 Å². The van der Waals surface area contributed by atoms with Gasteiger partial charge in [0.05, 0.1) is 86.3 Å². The Morgan fingerprint density at radius 1 is 0.881 bits per heavy atom. The lowest BCUT2D eigenvalue weighted by Gasteiger charge is -2.22. The number of amides is 3. The van der Waals surface area contributed by atoms with Gasteiger partial charge in [0.15, 0.2) is 12.0 Å². The average Bonchev–Trinajstić information content (AvgIpc) is 3.65. The van der Waals surface area contributed by atoms with E-state index in [0.717, 1.165) is 4.57 Å². The number of aromatic amines is 1. The zero-order valence-electron chi connectivity index (χ0n) is 37.1. The zero-order valence-corrected chi connectivity index (χ0v) is 38.6. The number of nitrogens with zero attached hydrogens (tertiary/aromatic N) is 4. The highest BCUT2D eigenvalue weighted by molar-refractivity contribution is 6.39. The summed E-state index contributed by atoms with van der Waals surface area (Å²) >= 11 is 12.4. The number of H-pyrrole nitrogens is 1. The molecule has 3 amide bonds. The molecule has 67 heavy (non-hydrogen) atoms. The van der Waals surface area contributed by atoms with Crippen molar-refractivity contribution in [2.24, 2.45) is 13.0 Å². The minimum absolute atomic E-state index is 0.0129. The molecule has 5 N–H and O–H groups in total. The van der Waals surface area contributed by atoms with Gasteiger partial charge in [-0.2, -0.15) is 5.10 Å². The highest BCUT2D eigenvalue weighted by atomic mass is 35.5. The molecule has 4 heterocycles. The summed E-state index contributed by atoms with van der Waals surface area (Å²) in [4.78, 5) is 82.2. The van der Waals surface area contributed by atoms with E-state index < -0.39 is 65.6 Å². The molecule has 5 rings (SSSR count). The van der Waals surface area contributed by atoms with Gasteiger partial charge in [0.25, 0.3) is 17.0 Å². The molecule has 0 radical (unpaired) electrons. The van der Waals surface area contributed by atoms with Gasteiger partial charge in [-0.3, -0.25) is 38.5 Å². The van der Waals surface area contributed by atoms with Gasteiger partial charge < -0.3 is 54.2 Å². The molecule has 1 aliphatic rings. The van der Waals surface area contributed by atoms with Crippen molar-refractivity contribution in [3.63, 3.8) is 0 Å². The molecule has 1 saturated heterocycles. The van der Waals surface area contributed by atoms with Gasteiger partial charge >= 0.3 is 5.69 Å². The third kappa shape index (κ3) is 15.0. The van der Waals surface area contributed by atoms with Gasteiger partial charge in [0.2, 0.25) is 11.8 Å². The fourth-order valence-electron chi connectivity index (χ4n) is 7.06. The number of aromatic nitrogens is 5. The van der Waals surface area contributed by atoms with Gasteiger partial charge in [0, 0.05) is 77.8 Å². The maximum absolute atomic E-state index is 13.3. The van der Waals surface area contributed by atoms with E-state index in [-0.39, 0.29) is 112 Å². The number of pyridine rings is 1. The van der Waals surface area contributed by atoms with Gasteiger partial charge in [-0.1, -0.05) is 47.5 Å². The third-order valence-corrected chi connectivity index (χ3v) is 11.0. The Labute approximate surface area is 394 Å². The molecule has 364 valence electrons. The molecule has 0 bridgehead atoms. The van der Waals surface area contributed by atoms with Gasteiger partial charge in [-0.25, -0.2) is 9.48 Å². The van der Waals surface area contributed by atoms with Crippen molar-refractivity contribution < 1.29 is 52.6 Å². The number of hydrogen-bond donors (Lipinski definition) is 5. The van der Waals surface area contributed by atoms with E-state index in [4.69, 9.17) is 56.4 Å². The minimum atomic E-state index is -1.02. The van der Waals surface area contributed by atoms with Crippen molar-refractivity contribution in [1.82, 2.24) is 40.3 Å². The molecule has 0 aliphatic carbocycles. The second-order valence-electron chi connectivity index (χ2n) is 14.9.